The summed E-state index contributed by atoms with van der Waals surface area (Å²) in [6.07, 6.45) is 5.41. The molecule has 2 nitrogen and oxygen atoms in total. The van der Waals surface area contributed by atoms with Crippen molar-refractivity contribution in [2.75, 3.05) is 13.2 Å². The van der Waals surface area contributed by atoms with Gasteiger partial charge in [-0.05, 0) is 86.2 Å². The Labute approximate surface area is 147 Å². The maximum Gasteiger partial charge on any atom is 0.114 e. The van der Waals surface area contributed by atoms with E-state index in [0.717, 1.165) is 59.5 Å². The summed E-state index contributed by atoms with van der Waals surface area (Å²) in [4.78, 5) is 0. The minimum absolute atomic E-state index is 0.674. The van der Waals surface area contributed by atoms with Gasteiger partial charge in [0.15, 0.2) is 0 Å². The van der Waals surface area contributed by atoms with Gasteiger partial charge in [0, 0.05) is 0 Å². The second kappa shape index (κ2) is 6.82. The third-order valence-corrected chi connectivity index (χ3v) is 6.69. The molecule has 2 heteroatoms. The summed E-state index contributed by atoms with van der Waals surface area (Å²) in [7, 11) is 0. The molecule has 0 N–H and O–H groups in total. The van der Waals surface area contributed by atoms with E-state index in [1.807, 2.05) is 13.8 Å². The maximum absolute atomic E-state index is 5.92. The Kier molecular flexibility index (Phi) is 4.94. The van der Waals surface area contributed by atoms with Gasteiger partial charge in [-0.15, -0.1) is 0 Å². The summed E-state index contributed by atoms with van der Waals surface area (Å²) in [6, 6.07) is 0. The molecular formula is C22H32O2. The van der Waals surface area contributed by atoms with Gasteiger partial charge in [0.1, 0.15) is 11.5 Å². The molecule has 0 aromatic rings. The Morgan fingerprint density at radius 1 is 0.792 bits per heavy atom. The average Bonchev–Trinajstić information content (AvgIpc) is 3.21. The van der Waals surface area contributed by atoms with Crippen molar-refractivity contribution in [2.24, 2.45) is 35.5 Å². The molecule has 6 unspecified atom stereocenters. The van der Waals surface area contributed by atoms with Crippen LogP contribution >= 0.6 is 0 Å². The van der Waals surface area contributed by atoms with Gasteiger partial charge in [-0.1, -0.05) is 26.3 Å². The number of allylic oxidation sites excluding steroid dienone is 2. The first kappa shape index (κ1) is 17.4. The van der Waals surface area contributed by atoms with Gasteiger partial charge in [0.25, 0.3) is 0 Å². The smallest absolute Gasteiger partial charge is 0.114 e. The van der Waals surface area contributed by atoms with Gasteiger partial charge < -0.3 is 9.47 Å². The zero-order valence-electron chi connectivity index (χ0n) is 15.4. The number of rotatable bonds is 8. The van der Waals surface area contributed by atoms with Crippen LogP contribution in [0.4, 0.5) is 0 Å². The van der Waals surface area contributed by atoms with Gasteiger partial charge in [-0.3, -0.25) is 0 Å². The molecule has 132 valence electrons. The van der Waals surface area contributed by atoms with Crippen LogP contribution in [0.1, 0.15) is 39.5 Å². The molecule has 0 aromatic carbocycles. The lowest BCUT2D eigenvalue weighted by atomic mass is 9.73. The lowest BCUT2D eigenvalue weighted by Crippen LogP contribution is -2.32. The molecule has 2 bridgehead atoms. The van der Waals surface area contributed by atoms with Crippen molar-refractivity contribution in [3.63, 3.8) is 0 Å². The molecule has 24 heavy (non-hydrogen) atoms. The van der Waals surface area contributed by atoms with Crippen molar-refractivity contribution in [3.8, 4) is 0 Å². The Hall–Kier alpha value is -1.44. The molecular weight excluding hydrogens is 296 g/mol. The molecule has 0 aromatic heterocycles. The average molecular weight is 328 g/mol. The summed E-state index contributed by atoms with van der Waals surface area (Å²) in [5.74, 6) is 6.28. The monoisotopic (exact) mass is 328 g/mol. The lowest BCUT2D eigenvalue weighted by Gasteiger charge is -2.34. The second-order valence-electron chi connectivity index (χ2n) is 8.26. The molecule has 0 aliphatic heterocycles. The van der Waals surface area contributed by atoms with Crippen molar-refractivity contribution in [2.45, 2.75) is 39.5 Å². The first-order valence-corrected chi connectivity index (χ1v) is 9.33. The molecule has 0 radical (unpaired) electrons. The first-order valence-electron chi connectivity index (χ1n) is 9.33. The Morgan fingerprint density at radius 2 is 1.38 bits per heavy atom. The van der Waals surface area contributed by atoms with Crippen LogP contribution in [-0.2, 0) is 9.47 Å². The Morgan fingerprint density at radius 3 is 1.96 bits per heavy atom. The van der Waals surface area contributed by atoms with E-state index in [2.05, 4.69) is 26.3 Å². The van der Waals surface area contributed by atoms with E-state index in [-0.39, 0.29) is 0 Å². The fourth-order valence-corrected chi connectivity index (χ4v) is 5.43. The lowest BCUT2D eigenvalue weighted by molar-refractivity contribution is 0.0607. The SMILES string of the molecule is C=C(C)C(=C)OCC1CC2CC1C1C(COC(=C)C(=C)C)CCC21. The van der Waals surface area contributed by atoms with Gasteiger partial charge in [-0.25, -0.2) is 0 Å². The van der Waals surface area contributed by atoms with E-state index < -0.39 is 0 Å². The first-order chi connectivity index (χ1) is 11.4. The molecule has 0 spiro atoms. The van der Waals surface area contributed by atoms with Crippen LogP contribution in [0.5, 0.6) is 0 Å². The van der Waals surface area contributed by atoms with Crippen molar-refractivity contribution in [3.05, 3.63) is 49.0 Å². The van der Waals surface area contributed by atoms with Crippen molar-refractivity contribution < 1.29 is 9.47 Å². The van der Waals surface area contributed by atoms with E-state index in [1.54, 1.807) is 0 Å². The highest BCUT2D eigenvalue weighted by molar-refractivity contribution is 5.17. The second-order valence-corrected chi connectivity index (χ2v) is 8.26. The highest BCUT2D eigenvalue weighted by Gasteiger charge is 2.57. The van der Waals surface area contributed by atoms with Gasteiger partial charge in [0.05, 0.1) is 13.2 Å². The molecule has 3 aliphatic rings. The van der Waals surface area contributed by atoms with Crippen LogP contribution in [0.3, 0.4) is 0 Å². The van der Waals surface area contributed by atoms with E-state index in [4.69, 9.17) is 9.47 Å². The quantitative estimate of drug-likeness (QED) is 0.433. The molecule has 3 aliphatic carbocycles. The van der Waals surface area contributed by atoms with Gasteiger partial charge in [0.2, 0.25) is 0 Å². The van der Waals surface area contributed by atoms with Crippen molar-refractivity contribution in [1.82, 2.24) is 0 Å². The molecule has 3 fully saturated rings. The van der Waals surface area contributed by atoms with Crippen LogP contribution in [0.15, 0.2) is 49.0 Å². The minimum Gasteiger partial charge on any atom is -0.494 e. The van der Waals surface area contributed by atoms with E-state index >= 15 is 0 Å². The maximum atomic E-state index is 5.92. The molecule has 6 atom stereocenters. The standard InChI is InChI=1S/C22H32O2/c1-13(2)15(5)23-11-17-7-8-20-18-9-19(21(10-18)22(17)20)12-24-16(6)14(3)4/h17-22H,1,3,5-12H2,2,4H3. The number of fused-ring (bicyclic) bond motifs is 5. The van der Waals surface area contributed by atoms with Gasteiger partial charge >= 0.3 is 0 Å². The number of hydrogen-bond donors (Lipinski definition) is 0. The van der Waals surface area contributed by atoms with Crippen LogP contribution in [-0.4, -0.2) is 13.2 Å². The normalized spacial score (nSPS) is 36.2. The summed E-state index contributed by atoms with van der Waals surface area (Å²) >= 11 is 0. The Bertz CT molecular complexity index is 558. The fraction of sp³-hybridized carbons (Fsp3) is 0.636. The third-order valence-electron chi connectivity index (χ3n) is 6.69. The topological polar surface area (TPSA) is 18.5 Å². The molecule has 0 amide bonds. The summed E-state index contributed by atoms with van der Waals surface area (Å²) in [6.45, 7) is 21.3. The Balaban J connectivity index is 1.57. The third kappa shape index (κ3) is 3.20. The predicted molar refractivity (Wildman–Crippen MR) is 99.2 cm³/mol. The van der Waals surface area contributed by atoms with E-state index in [9.17, 15) is 0 Å². The molecule has 3 saturated carbocycles. The van der Waals surface area contributed by atoms with Crippen molar-refractivity contribution >= 4 is 0 Å². The fourth-order valence-electron chi connectivity index (χ4n) is 5.43. The molecule has 3 rings (SSSR count). The van der Waals surface area contributed by atoms with E-state index in [0.29, 0.717) is 11.8 Å². The number of ether oxygens (including phenoxy) is 2. The minimum atomic E-state index is 0.674. The largest absolute Gasteiger partial charge is 0.494 e. The van der Waals surface area contributed by atoms with Crippen molar-refractivity contribution in [1.29, 1.82) is 0 Å². The predicted octanol–water partition coefficient (Wildman–Crippen LogP) is 5.50. The highest BCUT2D eigenvalue weighted by atomic mass is 16.5. The summed E-state index contributed by atoms with van der Waals surface area (Å²) < 4.78 is 11.8. The van der Waals surface area contributed by atoms with E-state index in [1.165, 1.54) is 25.7 Å². The van der Waals surface area contributed by atoms with Crippen LogP contribution in [0.2, 0.25) is 0 Å². The molecule has 0 saturated heterocycles. The summed E-state index contributed by atoms with van der Waals surface area (Å²) in [5.41, 5.74) is 1.86. The zero-order valence-corrected chi connectivity index (χ0v) is 15.4. The van der Waals surface area contributed by atoms with Gasteiger partial charge in [-0.2, -0.15) is 0 Å². The highest BCUT2D eigenvalue weighted by Crippen LogP contribution is 2.62. The van der Waals surface area contributed by atoms with Crippen LogP contribution in [0, 0.1) is 35.5 Å². The summed E-state index contributed by atoms with van der Waals surface area (Å²) in [5, 5.41) is 0. The van der Waals surface area contributed by atoms with Crippen LogP contribution in [0.25, 0.3) is 0 Å². The molecule has 0 heterocycles. The zero-order chi connectivity index (χ0) is 17.4. The van der Waals surface area contributed by atoms with Crippen LogP contribution < -0.4 is 0 Å². The number of hydrogen-bond acceptors (Lipinski definition) is 2.